The van der Waals surface area contributed by atoms with Gasteiger partial charge in [0.1, 0.15) is 11.5 Å². The molecule has 1 aliphatic rings. The van der Waals surface area contributed by atoms with Gasteiger partial charge in [0.15, 0.2) is 0 Å². The number of aliphatic carboxylic acids is 1. The molecule has 1 saturated heterocycles. The number of amides is 1. The predicted octanol–water partition coefficient (Wildman–Crippen LogP) is 5.94. The fourth-order valence-electron chi connectivity index (χ4n) is 4.81. The van der Waals surface area contributed by atoms with Crippen LogP contribution < -0.4 is 4.74 Å². The first-order valence-electron chi connectivity index (χ1n) is 13.2. The van der Waals surface area contributed by atoms with E-state index >= 15 is 0 Å². The summed E-state index contributed by atoms with van der Waals surface area (Å²) in [4.78, 5) is 30.5. The van der Waals surface area contributed by atoms with Gasteiger partial charge < -0.3 is 23.9 Å². The Bertz CT molecular complexity index is 1220. The number of carboxylic acid groups (broad SMARTS) is 1. The Balaban J connectivity index is 1.41. The first-order chi connectivity index (χ1) is 18.3. The Kier molecular flexibility index (Phi) is 9.05. The molecule has 0 saturated carbocycles. The summed E-state index contributed by atoms with van der Waals surface area (Å²) in [5.74, 6) is 1.27. The van der Waals surface area contributed by atoms with Crippen molar-refractivity contribution in [2.75, 3.05) is 26.3 Å². The lowest BCUT2D eigenvalue weighted by molar-refractivity contribution is -0.138. The zero-order chi connectivity index (χ0) is 27.1. The molecule has 2 heterocycles. The molecule has 0 spiro atoms. The lowest BCUT2D eigenvalue weighted by Gasteiger charge is -2.38. The first-order valence-corrected chi connectivity index (χ1v) is 13.2. The van der Waals surface area contributed by atoms with Crippen LogP contribution in [0.3, 0.4) is 0 Å². The van der Waals surface area contributed by atoms with E-state index in [1.807, 2.05) is 75.4 Å². The number of hydrogen-bond acceptors (Lipinski definition) is 6. The number of oxazole rings is 1. The maximum absolute atomic E-state index is 12.6. The van der Waals surface area contributed by atoms with E-state index in [9.17, 15) is 14.7 Å². The van der Waals surface area contributed by atoms with Gasteiger partial charge in [0.2, 0.25) is 5.89 Å². The van der Waals surface area contributed by atoms with Crippen LogP contribution in [0.15, 0.2) is 59.0 Å². The van der Waals surface area contributed by atoms with Crippen LogP contribution in [0.4, 0.5) is 4.79 Å². The summed E-state index contributed by atoms with van der Waals surface area (Å²) in [5, 5.41) is 9.48. The van der Waals surface area contributed by atoms with E-state index in [-0.39, 0.29) is 30.3 Å². The van der Waals surface area contributed by atoms with Gasteiger partial charge in [-0.3, -0.25) is 4.79 Å². The van der Waals surface area contributed by atoms with Gasteiger partial charge >= 0.3 is 12.1 Å². The molecule has 1 aromatic heterocycles. The number of aryl methyl sites for hydroxylation is 1. The van der Waals surface area contributed by atoms with Crippen molar-refractivity contribution in [3.63, 3.8) is 0 Å². The van der Waals surface area contributed by atoms with Crippen molar-refractivity contribution >= 4 is 12.1 Å². The molecule has 0 aliphatic carbocycles. The molecular formula is C30H36N2O6. The molecule has 1 unspecified atom stereocenters. The third-order valence-corrected chi connectivity index (χ3v) is 6.80. The van der Waals surface area contributed by atoms with E-state index in [1.54, 1.807) is 4.90 Å². The second kappa shape index (κ2) is 12.6. The number of carboxylic acids is 1. The second-order valence-corrected chi connectivity index (χ2v) is 10.2. The zero-order valence-corrected chi connectivity index (χ0v) is 22.3. The minimum atomic E-state index is -0.832. The molecule has 202 valence electrons. The summed E-state index contributed by atoms with van der Waals surface area (Å²) < 4.78 is 17.3. The van der Waals surface area contributed by atoms with Crippen LogP contribution in [0.1, 0.15) is 49.6 Å². The number of likely N-dealkylation sites (tertiary alicyclic amines) is 1. The summed E-state index contributed by atoms with van der Waals surface area (Å²) in [6.07, 6.45) is 0.906. The van der Waals surface area contributed by atoms with Crippen LogP contribution in [0, 0.1) is 18.8 Å². The van der Waals surface area contributed by atoms with Gasteiger partial charge in [-0.25, -0.2) is 9.78 Å². The maximum atomic E-state index is 12.6. The highest BCUT2D eigenvalue weighted by Gasteiger charge is 2.34. The lowest BCUT2D eigenvalue weighted by atomic mass is 9.79. The summed E-state index contributed by atoms with van der Waals surface area (Å²) in [7, 11) is 0. The molecular weight excluding hydrogens is 484 g/mol. The highest BCUT2D eigenvalue weighted by atomic mass is 16.6. The predicted molar refractivity (Wildman–Crippen MR) is 143 cm³/mol. The number of carbonyl (C=O) groups excluding carboxylic acids is 1. The maximum Gasteiger partial charge on any atom is 0.409 e. The van der Waals surface area contributed by atoms with Gasteiger partial charge in [-0.1, -0.05) is 44.2 Å². The van der Waals surface area contributed by atoms with E-state index in [0.717, 1.165) is 22.6 Å². The number of rotatable bonds is 10. The number of benzene rings is 2. The molecule has 1 N–H and O–H groups in total. The molecule has 1 aliphatic heterocycles. The molecule has 3 aromatic rings. The largest absolute Gasteiger partial charge is 0.493 e. The molecule has 8 nitrogen and oxygen atoms in total. The van der Waals surface area contributed by atoms with Gasteiger partial charge in [0.25, 0.3) is 0 Å². The average Bonchev–Trinajstić information content (AvgIpc) is 3.28. The number of hydrogen-bond donors (Lipinski definition) is 1. The summed E-state index contributed by atoms with van der Waals surface area (Å²) in [6, 6.07) is 17.5. The topological polar surface area (TPSA) is 102 Å². The number of nitrogens with zero attached hydrogens (tertiary/aromatic N) is 2. The number of piperidine rings is 1. The summed E-state index contributed by atoms with van der Waals surface area (Å²) >= 11 is 0. The van der Waals surface area contributed by atoms with E-state index in [1.165, 1.54) is 0 Å². The lowest BCUT2D eigenvalue weighted by Crippen LogP contribution is -2.43. The van der Waals surface area contributed by atoms with Crippen molar-refractivity contribution in [3.8, 4) is 17.2 Å². The van der Waals surface area contributed by atoms with Gasteiger partial charge in [0, 0.05) is 37.4 Å². The molecule has 2 atom stereocenters. The van der Waals surface area contributed by atoms with Crippen molar-refractivity contribution in [1.29, 1.82) is 0 Å². The molecule has 1 amide bonds. The molecule has 38 heavy (non-hydrogen) atoms. The van der Waals surface area contributed by atoms with Gasteiger partial charge in [0.05, 0.1) is 18.9 Å². The molecule has 0 bridgehead atoms. The van der Waals surface area contributed by atoms with Gasteiger partial charge in [-0.2, -0.15) is 0 Å². The van der Waals surface area contributed by atoms with E-state index < -0.39 is 5.97 Å². The molecule has 1 fully saturated rings. The van der Waals surface area contributed by atoms with Crippen LogP contribution >= 0.6 is 0 Å². The van der Waals surface area contributed by atoms with Crippen LogP contribution in [0.5, 0.6) is 5.75 Å². The molecule has 8 heteroatoms. The number of carbonyl (C=O) groups is 2. The standard InChI is InChI=1S/C30H36N2O6/c1-20(2)19-37-30(35)32-14-12-24(17-28(33)34)26(18-32)23-10-7-11-25(16-23)36-15-13-27-21(3)38-29(31-27)22-8-5-4-6-9-22/h4-11,16,20,24,26H,12-15,17-19H2,1-3H3,(H,33,34)/t24-,26?/m1/s1. The highest BCUT2D eigenvalue weighted by Crippen LogP contribution is 2.36. The zero-order valence-electron chi connectivity index (χ0n) is 22.3. The molecule has 0 radical (unpaired) electrons. The Labute approximate surface area is 223 Å². The fourth-order valence-corrected chi connectivity index (χ4v) is 4.81. The average molecular weight is 521 g/mol. The van der Waals surface area contributed by atoms with E-state index in [2.05, 4.69) is 4.98 Å². The Morgan fingerprint density at radius 2 is 1.95 bits per heavy atom. The monoisotopic (exact) mass is 520 g/mol. The normalized spacial score (nSPS) is 17.4. The van der Waals surface area contributed by atoms with Crippen molar-refractivity contribution in [2.45, 2.75) is 46.0 Å². The summed E-state index contributed by atoms with van der Waals surface area (Å²) in [5.41, 5.74) is 2.74. The van der Waals surface area contributed by atoms with E-state index in [4.69, 9.17) is 13.9 Å². The first kappa shape index (κ1) is 27.2. The molecule has 4 rings (SSSR count). The van der Waals surface area contributed by atoms with Crippen molar-refractivity contribution in [1.82, 2.24) is 9.88 Å². The number of ether oxygens (including phenoxy) is 2. The van der Waals surface area contributed by atoms with Crippen LogP contribution in [0.2, 0.25) is 0 Å². The third-order valence-electron chi connectivity index (χ3n) is 6.80. The Morgan fingerprint density at radius 1 is 1.16 bits per heavy atom. The minimum absolute atomic E-state index is 0.0554. The quantitative estimate of drug-likeness (QED) is 0.353. The fraction of sp³-hybridized carbons (Fsp3) is 0.433. The van der Waals surface area contributed by atoms with Crippen LogP contribution in [-0.2, 0) is 16.0 Å². The Morgan fingerprint density at radius 3 is 2.68 bits per heavy atom. The Hall–Kier alpha value is -3.81. The van der Waals surface area contributed by atoms with Crippen molar-refractivity contribution in [2.24, 2.45) is 11.8 Å². The van der Waals surface area contributed by atoms with E-state index in [0.29, 0.717) is 50.8 Å². The van der Waals surface area contributed by atoms with Crippen molar-refractivity contribution in [3.05, 3.63) is 71.6 Å². The smallest absolute Gasteiger partial charge is 0.409 e. The minimum Gasteiger partial charge on any atom is -0.493 e. The third kappa shape index (κ3) is 7.15. The van der Waals surface area contributed by atoms with Gasteiger partial charge in [-0.15, -0.1) is 0 Å². The highest BCUT2D eigenvalue weighted by molar-refractivity contribution is 5.69. The number of aromatic nitrogens is 1. The van der Waals surface area contributed by atoms with Crippen LogP contribution in [-0.4, -0.2) is 53.4 Å². The van der Waals surface area contributed by atoms with Crippen molar-refractivity contribution < 1.29 is 28.6 Å². The van der Waals surface area contributed by atoms with Crippen LogP contribution in [0.25, 0.3) is 11.5 Å². The summed E-state index contributed by atoms with van der Waals surface area (Å²) in [6.45, 7) is 7.57. The SMILES string of the molecule is Cc1oc(-c2ccccc2)nc1CCOc1cccc(C2CN(C(=O)OCC(C)C)CC[C@@H]2CC(=O)O)c1. The second-order valence-electron chi connectivity index (χ2n) is 10.2. The van der Waals surface area contributed by atoms with Gasteiger partial charge in [-0.05, 0) is 55.0 Å². The molecule has 2 aromatic carbocycles.